The van der Waals surface area contributed by atoms with Crippen LogP contribution in [0.3, 0.4) is 0 Å². The predicted molar refractivity (Wildman–Crippen MR) is 75.2 cm³/mol. The van der Waals surface area contributed by atoms with Gasteiger partial charge in [0.25, 0.3) is 0 Å². The third-order valence-electron chi connectivity index (χ3n) is 3.51. The lowest BCUT2D eigenvalue weighted by Gasteiger charge is -2.42. The highest BCUT2D eigenvalue weighted by atomic mass is 79.9. The highest BCUT2D eigenvalue weighted by molar-refractivity contribution is 9.10. The molecule has 0 aliphatic heterocycles. The van der Waals surface area contributed by atoms with Crippen LogP contribution in [0.4, 0.5) is 0 Å². The van der Waals surface area contributed by atoms with Gasteiger partial charge in [0.05, 0.1) is 0 Å². The van der Waals surface area contributed by atoms with Crippen molar-refractivity contribution in [1.29, 1.82) is 0 Å². The van der Waals surface area contributed by atoms with Crippen LogP contribution in [0.2, 0.25) is 0 Å². The first-order chi connectivity index (χ1) is 7.74. The fourth-order valence-electron chi connectivity index (χ4n) is 2.44. The van der Waals surface area contributed by atoms with Gasteiger partial charge in [0.15, 0.2) is 0 Å². The van der Waals surface area contributed by atoms with Crippen LogP contribution in [0.25, 0.3) is 0 Å². The standard InChI is InChI=1S/C13H20BrNS/c1-2-6-15-10-13(4-3-5-13)8-12-7-11(14)9-16-12/h7,9,15H,2-6,8,10H2,1H3. The Hall–Kier alpha value is 0.140. The van der Waals surface area contributed by atoms with Crippen molar-refractivity contribution in [1.82, 2.24) is 5.32 Å². The molecular weight excluding hydrogens is 282 g/mol. The van der Waals surface area contributed by atoms with Gasteiger partial charge in [-0.15, -0.1) is 11.3 Å². The Balaban J connectivity index is 1.89. The highest BCUT2D eigenvalue weighted by Crippen LogP contribution is 2.44. The summed E-state index contributed by atoms with van der Waals surface area (Å²) in [4.78, 5) is 1.53. The van der Waals surface area contributed by atoms with Crippen molar-refractivity contribution in [2.45, 2.75) is 39.0 Å². The number of nitrogens with one attached hydrogen (secondary N) is 1. The smallest absolute Gasteiger partial charge is 0.0285 e. The Labute approximate surface area is 111 Å². The summed E-state index contributed by atoms with van der Waals surface area (Å²) >= 11 is 5.43. The average molecular weight is 302 g/mol. The van der Waals surface area contributed by atoms with E-state index in [9.17, 15) is 0 Å². The third-order valence-corrected chi connectivity index (χ3v) is 5.21. The first-order valence-corrected chi connectivity index (χ1v) is 7.85. The molecule has 1 fully saturated rings. The summed E-state index contributed by atoms with van der Waals surface area (Å²) in [5.74, 6) is 0. The molecule has 1 heterocycles. The van der Waals surface area contributed by atoms with Crippen LogP contribution < -0.4 is 5.32 Å². The monoisotopic (exact) mass is 301 g/mol. The molecule has 3 heteroatoms. The second-order valence-electron chi connectivity index (χ2n) is 4.94. The minimum absolute atomic E-state index is 0.569. The maximum Gasteiger partial charge on any atom is 0.0285 e. The van der Waals surface area contributed by atoms with Crippen molar-refractivity contribution in [2.24, 2.45) is 5.41 Å². The van der Waals surface area contributed by atoms with E-state index in [4.69, 9.17) is 0 Å². The van der Waals surface area contributed by atoms with Crippen LogP contribution >= 0.6 is 27.3 Å². The molecule has 1 aliphatic rings. The molecule has 16 heavy (non-hydrogen) atoms. The lowest BCUT2D eigenvalue weighted by molar-refractivity contribution is 0.131. The maximum atomic E-state index is 3.60. The Morgan fingerprint density at radius 3 is 2.81 bits per heavy atom. The topological polar surface area (TPSA) is 12.0 Å². The Morgan fingerprint density at radius 1 is 1.50 bits per heavy atom. The molecule has 1 aliphatic carbocycles. The van der Waals surface area contributed by atoms with E-state index in [0.717, 1.165) is 6.54 Å². The lowest BCUT2D eigenvalue weighted by atomic mass is 9.66. The van der Waals surface area contributed by atoms with Crippen LogP contribution in [-0.4, -0.2) is 13.1 Å². The second-order valence-corrected chi connectivity index (χ2v) is 6.85. The van der Waals surface area contributed by atoms with Crippen molar-refractivity contribution in [2.75, 3.05) is 13.1 Å². The minimum Gasteiger partial charge on any atom is -0.316 e. The molecule has 1 N–H and O–H groups in total. The summed E-state index contributed by atoms with van der Waals surface area (Å²) in [5, 5.41) is 5.79. The fraction of sp³-hybridized carbons (Fsp3) is 0.692. The Bertz CT molecular complexity index is 330. The molecule has 0 unspecified atom stereocenters. The molecule has 1 aromatic rings. The van der Waals surface area contributed by atoms with Crippen LogP contribution in [0, 0.1) is 5.41 Å². The van der Waals surface area contributed by atoms with Gasteiger partial charge in [-0.2, -0.15) is 0 Å². The molecule has 90 valence electrons. The zero-order valence-electron chi connectivity index (χ0n) is 9.89. The molecule has 0 atom stereocenters. The van der Waals surface area contributed by atoms with Crippen LogP contribution in [-0.2, 0) is 6.42 Å². The molecule has 1 nitrogen and oxygen atoms in total. The fourth-order valence-corrected chi connectivity index (χ4v) is 4.06. The van der Waals surface area contributed by atoms with Gasteiger partial charge in [-0.1, -0.05) is 13.3 Å². The number of thiophene rings is 1. The van der Waals surface area contributed by atoms with Gasteiger partial charge in [-0.25, -0.2) is 0 Å². The lowest BCUT2D eigenvalue weighted by Crippen LogP contribution is -2.41. The Morgan fingerprint density at radius 2 is 2.31 bits per heavy atom. The van der Waals surface area contributed by atoms with Gasteiger partial charge in [-0.3, -0.25) is 0 Å². The molecular formula is C13H20BrNS. The third kappa shape index (κ3) is 3.08. The van der Waals surface area contributed by atoms with E-state index in [2.05, 4.69) is 39.6 Å². The van der Waals surface area contributed by atoms with Gasteiger partial charge < -0.3 is 5.32 Å². The SMILES string of the molecule is CCCNCC1(Cc2cc(Br)cs2)CCC1. The zero-order chi connectivity index (χ0) is 11.4. The van der Waals surface area contributed by atoms with Crippen LogP contribution in [0.5, 0.6) is 0 Å². The van der Waals surface area contributed by atoms with E-state index < -0.39 is 0 Å². The van der Waals surface area contributed by atoms with Crippen LogP contribution in [0.15, 0.2) is 15.9 Å². The molecule has 0 spiro atoms. The zero-order valence-corrected chi connectivity index (χ0v) is 12.3. The molecule has 0 amide bonds. The van der Waals surface area contributed by atoms with E-state index in [0.29, 0.717) is 5.41 Å². The summed E-state index contributed by atoms with van der Waals surface area (Å²) < 4.78 is 1.24. The van der Waals surface area contributed by atoms with Gasteiger partial charge in [0.1, 0.15) is 0 Å². The number of hydrogen-bond acceptors (Lipinski definition) is 2. The molecule has 0 radical (unpaired) electrons. The summed E-state index contributed by atoms with van der Waals surface area (Å²) in [6.07, 6.45) is 6.72. The van der Waals surface area contributed by atoms with Gasteiger partial charge in [0.2, 0.25) is 0 Å². The minimum atomic E-state index is 0.569. The number of rotatable bonds is 6. The van der Waals surface area contributed by atoms with Crippen molar-refractivity contribution < 1.29 is 0 Å². The molecule has 0 saturated heterocycles. The van der Waals surface area contributed by atoms with Gasteiger partial charge >= 0.3 is 0 Å². The van der Waals surface area contributed by atoms with E-state index >= 15 is 0 Å². The van der Waals surface area contributed by atoms with Crippen molar-refractivity contribution in [3.63, 3.8) is 0 Å². The molecule has 0 aromatic carbocycles. The average Bonchev–Trinajstić information content (AvgIpc) is 2.60. The van der Waals surface area contributed by atoms with E-state index in [-0.39, 0.29) is 0 Å². The first-order valence-electron chi connectivity index (χ1n) is 6.18. The summed E-state index contributed by atoms with van der Waals surface area (Å²) in [5.41, 5.74) is 0.569. The van der Waals surface area contributed by atoms with E-state index in [1.165, 1.54) is 48.0 Å². The van der Waals surface area contributed by atoms with Crippen molar-refractivity contribution >= 4 is 27.3 Å². The summed E-state index contributed by atoms with van der Waals surface area (Å²) in [6.45, 7) is 4.60. The summed E-state index contributed by atoms with van der Waals surface area (Å²) in [7, 11) is 0. The van der Waals surface area contributed by atoms with Crippen molar-refractivity contribution in [3.05, 3.63) is 20.8 Å². The largest absolute Gasteiger partial charge is 0.316 e. The van der Waals surface area contributed by atoms with Crippen LogP contribution in [0.1, 0.15) is 37.5 Å². The second kappa shape index (κ2) is 5.65. The quantitative estimate of drug-likeness (QED) is 0.776. The molecule has 0 bridgehead atoms. The molecule has 1 saturated carbocycles. The normalized spacial score (nSPS) is 18.4. The highest BCUT2D eigenvalue weighted by Gasteiger charge is 2.36. The number of halogens is 1. The van der Waals surface area contributed by atoms with Gasteiger partial charge in [0, 0.05) is 21.3 Å². The van der Waals surface area contributed by atoms with Crippen molar-refractivity contribution in [3.8, 4) is 0 Å². The number of hydrogen-bond donors (Lipinski definition) is 1. The van der Waals surface area contributed by atoms with Gasteiger partial charge in [-0.05, 0) is 59.6 Å². The maximum absolute atomic E-state index is 3.60. The first kappa shape index (κ1) is 12.6. The Kier molecular flexibility index (Phi) is 4.45. The summed E-state index contributed by atoms with van der Waals surface area (Å²) in [6, 6.07) is 2.28. The molecule has 2 rings (SSSR count). The van der Waals surface area contributed by atoms with E-state index in [1.807, 2.05) is 11.3 Å². The predicted octanol–water partition coefficient (Wildman–Crippen LogP) is 4.22. The molecule has 1 aromatic heterocycles. The van der Waals surface area contributed by atoms with E-state index in [1.54, 1.807) is 0 Å².